The second-order valence-corrected chi connectivity index (χ2v) is 6.27. The number of nitrogens with one attached hydrogen (secondary N) is 1. The van der Waals surface area contributed by atoms with E-state index in [1.165, 1.54) is 13.2 Å². The highest BCUT2D eigenvalue weighted by atomic mass is 16.5. The van der Waals surface area contributed by atoms with Crippen molar-refractivity contribution in [1.29, 1.82) is 0 Å². The lowest BCUT2D eigenvalue weighted by Gasteiger charge is -2.22. The van der Waals surface area contributed by atoms with Gasteiger partial charge in [0, 0.05) is 17.3 Å². The molecule has 0 aliphatic rings. The van der Waals surface area contributed by atoms with Gasteiger partial charge in [0.15, 0.2) is 0 Å². The van der Waals surface area contributed by atoms with Crippen LogP contribution in [0.3, 0.4) is 0 Å². The third-order valence-corrected chi connectivity index (χ3v) is 3.88. The van der Waals surface area contributed by atoms with E-state index < -0.39 is 11.5 Å². The largest absolute Gasteiger partial charge is 0.467 e. The van der Waals surface area contributed by atoms with Crippen molar-refractivity contribution in [2.75, 3.05) is 7.11 Å². The van der Waals surface area contributed by atoms with E-state index in [9.17, 15) is 9.59 Å². The lowest BCUT2D eigenvalue weighted by molar-refractivity contribution is -0.148. The minimum Gasteiger partial charge on any atom is -0.467 e. The summed E-state index contributed by atoms with van der Waals surface area (Å²) < 4.78 is 6.52. The highest BCUT2D eigenvalue weighted by Crippen LogP contribution is 2.19. The van der Waals surface area contributed by atoms with E-state index in [1.807, 2.05) is 48.9 Å². The van der Waals surface area contributed by atoms with E-state index >= 15 is 0 Å². The first-order chi connectivity index (χ1) is 11.8. The van der Waals surface area contributed by atoms with Gasteiger partial charge < -0.3 is 10.1 Å². The molecule has 0 aliphatic carbocycles. The van der Waals surface area contributed by atoms with Gasteiger partial charge in [0.05, 0.1) is 18.5 Å². The van der Waals surface area contributed by atoms with Crippen LogP contribution in [0.1, 0.15) is 30.8 Å². The van der Waals surface area contributed by atoms with Gasteiger partial charge in [0.2, 0.25) is 5.91 Å². The van der Waals surface area contributed by atoms with Gasteiger partial charge in [-0.05, 0) is 45.9 Å². The third-order valence-electron chi connectivity index (χ3n) is 3.88. The molecular formula is C19H23N3O3. The number of benzene rings is 1. The van der Waals surface area contributed by atoms with Gasteiger partial charge in [-0.3, -0.25) is 4.79 Å². The van der Waals surface area contributed by atoms with Gasteiger partial charge in [-0.1, -0.05) is 18.2 Å². The smallest absolute Gasteiger partial charge is 0.330 e. The standard InChI is InChI=1S/C19H23N3O3/c1-13-16(11-12-17(23)20-19(3,4)18(24)25-5)14(2)22(21-13)15-9-7-6-8-10-15/h6-12H,1-5H3,(H,20,23)/b12-11+. The topological polar surface area (TPSA) is 73.2 Å². The van der Waals surface area contributed by atoms with E-state index in [-0.39, 0.29) is 5.91 Å². The minimum absolute atomic E-state index is 0.373. The van der Waals surface area contributed by atoms with Crippen LogP contribution in [0.4, 0.5) is 0 Å². The van der Waals surface area contributed by atoms with E-state index in [0.717, 1.165) is 22.6 Å². The SMILES string of the molecule is COC(=O)C(C)(C)NC(=O)/C=C/c1c(C)nn(-c2ccccc2)c1C. The molecule has 0 spiro atoms. The van der Waals surface area contributed by atoms with Crippen molar-refractivity contribution in [1.82, 2.24) is 15.1 Å². The maximum absolute atomic E-state index is 12.1. The Morgan fingerprint density at radius 3 is 2.44 bits per heavy atom. The predicted molar refractivity (Wildman–Crippen MR) is 96.3 cm³/mol. The number of aromatic nitrogens is 2. The molecule has 1 heterocycles. The highest BCUT2D eigenvalue weighted by molar-refractivity contribution is 5.96. The molecule has 0 aliphatic heterocycles. The first-order valence-electron chi connectivity index (χ1n) is 7.96. The number of rotatable bonds is 5. The fourth-order valence-corrected chi connectivity index (χ4v) is 2.53. The van der Waals surface area contributed by atoms with E-state index in [2.05, 4.69) is 15.2 Å². The number of esters is 1. The number of ether oxygens (including phenoxy) is 1. The summed E-state index contributed by atoms with van der Waals surface area (Å²) in [5.41, 5.74) is 2.49. The lowest BCUT2D eigenvalue weighted by Crippen LogP contribution is -2.49. The van der Waals surface area contributed by atoms with Crippen molar-refractivity contribution in [2.45, 2.75) is 33.2 Å². The van der Waals surface area contributed by atoms with Crippen molar-refractivity contribution < 1.29 is 14.3 Å². The molecule has 0 saturated carbocycles. The number of para-hydroxylation sites is 1. The molecule has 1 aromatic carbocycles. The first-order valence-corrected chi connectivity index (χ1v) is 7.96. The van der Waals surface area contributed by atoms with Crippen LogP contribution < -0.4 is 5.32 Å². The Kier molecular flexibility index (Phi) is 5.41. The molecule has 6 nitrogen and oxygen atoms in total. The van der Waals surface area contributed by atoms with Crippen LogP contribution in [0, 0.1) is 13.8 Å². The number of methoxy groups -OCH3 is 1. The maximum Gasteiger partial charge on any atom is 0.330 e. The zero-order chi connectivity index (χ0) is 18.6. The molecule has 0 saturated heterocycles. The normalized spacial score (nSPS) is 11.6. The Bertz CT molecular complexity index is 805. The van der Waals surface area contributed by atoms with Crippen LogP contribution in [0.25, 0.3) is 11.8 Å². The fraction of sp³-hybridized carbons (Fsp3) is 0.316. The van der Waals surface area contributed by atoms with Crippen molar-refractivity contribution >= 4 is 18.0 Å². The third kappa shape index (κ3) is 4.15. The van der Waals surface area contributed by atoms with Crippen molar-refractivity contribution in [3.05, 3.63) is 53.4 Å². The second kappa shape index (κ2) is 7.34. The summed E-state index contributed by atoms with van der Waals surface area (Å²) in [6.07, 6.45) is 3.11. The second-order valence-electron chi connectivity index (χ2n) is 6.27. The Morgan fingerprint density at radius 1 is 1.20 bits per heavy atom. The lowest BCUT2D eigenvalue weighted by atomic mass is 10.1. The average Bonchev–Trinajstić information content (AvgIpc) is 2.86. The summed E-state index contributed by atoms with van der Waals surface area (Å²) in [5, 5.41) is 7.16. The molecule has 0 unspecified atom stereocenters. The number of carbonyl (C=O) groups is 2. The number of hydrogen-bond acceptors (Lipinski definition) is 4. The van der Waals surface area contributed by atoms with Crippen molar-refractivity contribution in [3.63, 3.8) is 0 Å². The number of nitrogens with zero attached hydrogens (tertiary/aromatic N) is 2. The van der Waals surface area contributed by atoms with E-state index in [0.29, 0.717) is 0 Å². The van der Waals surface area contributed by atoms with Crippen LogP contribution in [0.2, 0.25) is 0 Å². The number of hydrogen-bond donors (Lipinski definition) is 1. The molecule has 2 rings (SSSR count). The molecule has 6 heteroatoms. The number of aryl methyl sites for hydroxylation is 1. The molecule has 25 heavy (non-hydrogen) atoms. The molecular weight excluding hydrogens is 318 g/mol. The molecule has 0 fully saturated rings. The molecule has 0 atom stereocenters. The summed E-state index contributed by atoms with van der Waals surface area (Å²) in [6, 6.07) is 9.79. The fourth-order valence-electron chi connectivity index (χ4n) is 2.53. The van der Waals surface area contributed by atoms with Crippen LogP contribution in [0.15, 0.2) is 36.4 Å². The van der Waals surface area contributed by atoms with Crippen LogP contribution >= 0.6 is 0 Å². The molecule has 132 valence electrons. The molecule has 1 aromatic heterocycles. The van der Waals surface area contributed by atoms with Crippen LogP contribution in [-0.4, -0.2) is 34.3 Å². The minimum atomic E-state index is -1.09. The molecule has 0 radical (unpaired) electrons. The van der Waals surface area contributed by atoms with Gasteiger partial charge in [0.1, 0.15) is 5.54 Å². The quantitative estimate of drug-likeness (QED) is 0.670. The molecule has 1 N–H and O–H groups in total. The average molecular weight is 341 g/mol. The Labute approximate surface area is 147 Å². The summed E-state index contributed by atoms with van der Waals surface area (Å²) in [6.45, 7) is 7.02. The molecule has 1 amide bonds. The van der Waals surface area contributed by atoms with Gasteiger partial charge >= 0.3 is 5.97 Å². The summed E-state index contributed by atoms with van der Waals surface area (Å²) >= 11 is 0. The number of carbonyl (C=O) groups excluding carboxylic acids is 2. The van der Waals surface area contributed by atoms with Crippen LogP contribution in [0.5, 0.6) is 0 Å². The predicted octanol–water partition coefficient (Wildman–Crippen LogP) is 2.57. The maximum atomic E-state index is 12.1. The Morgan fingerprint density at radius 2 is 1.84 bits per heavy atom. The Hall–Kier alpha value is -2.89. The van der Waals surface area contributed by atoms with Crippen molar-refractivity contribution in [3.8, 4) is 5.69 Å². The first kappa shape index (κ1) is 18.4. The van der Waals surface area contributed by atoms with Gasteiger partial charge in [-0.2, -0.15) is 5.10 Å². The molecule has 2 aromatic rings. The van der Waals surface area contributed by atoms with Crippen molar-refractivity contribution in [2.24, 2.45) is 0 Å². The summed E-state index contributed by atoms with van der Waals surface area (Å²) in [7, 11) is 1.29. The highest BCUT2D eigenvalue weighted by Gasteiger charge is 2.29. The van der Waals surface area contributed by atoms with Gasteiger partial charge in [0.25, 0.3) is 0 Å². The number of amides is 1. The van der Waals surface area contributed by atoms with Gasteiger partial charge in [-0.15, -0.1) is 0 Å². The summed E-state index contributed by atoms with van der Waals surface area (Å²) in [5.74, 6) is -0.875. The zero-order valence-corrected chi connectivity index (χ0v) is 15.2. The Balaban J connectivity index is 2.21. The summed E-state index contributed by atoms with van der Waals surface area (Å²) in [4.78, 5) is 23.8. The van der Waals surface area contributed by atoms with E-state index in [1.54, 1.807) is 19.9 Å². The van der Waals surface area contributed by atoms with Gasteiger partial charge in [-0.25, -0.2) is 9.48 Å². The molecule has 0 bridgehead atoms. The van der Waals surface area contributed by atoms with Crippen LogP contribution in [-0.2, 0) is 14.3 Å². The van der Waals surface area contributed by atoms with E-state index in [4.69, 9.17) is 0 Å². The zero-order valence-electron chi connectivity index (χ0n) is 15.2. The monoisotopic (exact) mass is 341 g/mol.